The molecule has 2 heterocycles. The molecule has 1 atom stereocenters. The maximum absolute atomic E-state index is 12.3. The Labute approximate surface area is 147 Å². The lowest BCUT2D eigenvalue weighted by Gasteiger charge is -2.18. The van der Waals surface area contributed by atoms with Crippen LogP contribution in [-0.2, 0) is 24.4 Å². The molecule has 1 N–H and O–H groups in total. The number of aromatic nitrogens is 2. The van der Waals surface area contributed by atoms with Gasteiger partial charge in [-0.1, -0.05) is 29.8 Å². The maximum atomic E-state index is 12.3. The van der Waals surface area contributed by atoms with Crippen LogP contribution in [0, 0.1) is 6.92 Å². The number of nitrogens with zero attached hydrogens (tertiary/aromatic N) is 3. The lowest BCUT2D eigenvalue weighted by Crippen LogP contribution is -2.32. The number of benzene rings is 1. The van der Waals surface area contributed by atoms with Gasteiger partial charge in [0.25, 0.3) is 0 Å². The predicted octanol–water partition coefficient (Wildman–Crippen LogP) is 2.76. The lowest BCUT2D eigenvalue weighted by molar-refractivity contribution is -0.128. The van der Waals surface area contributed by atoms with Crippen LogP contribution in [0.4, 0.5) is 0 Å². The summed E-state index contributed by atoms with van der Waals surface area (Å²) in [5.41, 5.74) is 3.23. The number of halogens is 1. The molecule has 3 rings (SSSR count). The molecule has 6 heteroatoms. The van der Waals surface area contributed by atoms with Crippen LogP contribution in [-0.4, -0.2) is 33.2 Å². The third kappa shape index (κ3) is 3.79. The van der Waals surface area contributed by atoms with Gasteiger partial charge in [-0.25, -0.2) is 0 Å². The zero-order chi connectivity index (χ0) is 17.1. The molecule has 1 aliphatic heterocycles. The monoisotopic (exact) mass is 346 g/mol. The average molecular weight is 347 g/mol. The van der Waals surface area contributed by atoms with Gasteiger partial charge >= 0.3 is 0 Å². The Balaban J connectivity index is 1.56. The Hall–Kier alpha value is -1.85. The Morgan fingerprint density at radius 3 is 2.83 bits per heavy atom. The summed E-state index contributed by atoms with van der Waals surface area (Å²) in [4.78, 5) is 14.1. The SMILES string of the molecule is CCn1cc(CNC2CC(=O)N(Cc3ccccc3Cl)C2)c(C)n1. The second kappa shape index (κ2) is 7.36. The zero-order valence-corrected chi connectivity index (χ0v) is 14.9. The predicted molar refractivity (Wildman–Crippen MR) is 94.8 cm³/mol. The van der Waals surface area contributed by atoms with Crippen LogP contribution in [0.3, 0.4) is 0 Å². The average Bonchev–Trinajstić information content (AvgIpc) is 3.10. The van der Waals surface area contributed by atoms with Gasteiger partial charge in [-0.05, 0) is 25.5 Å². The van der Waals surface area contributed by atoms with E-state index in [0.717, 1.165) is 24.3 Å². The molecule has 24 heavy (non-hydrogen) atoms. The summed E-state index contributed by atoms with van der Waals surface area (Å²) in [7, 11) is 0. The van der Waals surface area contributed by atoms with Gasteiger partial charge in [0.2, 0.25) is 5.91 Å². The number of amides is 1. The van der Waals surface area contributed by atoms with Crippen LogP contribution in [0.5, 0.6) is 0 Å². The maximum Gasteiger partial charge on any atom is 0.224 e. The molecule has 0 bridgehead atoms. The summed E-state index contributed by atoms with van der Waals surface area (Å²) in [5.74, 6) is 0.174. The standard InChI is InChI=1S/C18H23ClN4O/c1-3-23-11-15(13(2)21-23)9-20-16-8-18(24)22(12-16)10-14-6-4-5-7-17(14)19/h4-7,11,16,20H,3,8-10,12H2,1-2H3. The van der Waals surface area contributed by atoms with Crippen LogP contribution in [0.1, 0.15) is 30.2 Å². The van der Waals surface area contributed by atoms with E-state index >= 15 is 0 Å². The van der Waals surface area contributed by atoms with E-state index in [1.807, 2.05) is 40.8 Å². The summed E-state index contributed by atoms with van der Waals surface area (Å²) in [6.07, 6.45) is 2.60. The molecule has 1 aliphatic rings. The minimum Gasteiger partial charge on any atom is -0.337 e. The smallest absolute Gasteiger partial charge is 0.224 e. The van der Waals surface area contributed by atoms with Gasteiger partial charge in [0.15, 0.2) is 0 Å². The van der Waals surface area contributed by atoms with Crippen LogP contribution in [0.15, 0.2) is 30.5 Å². The number of aryl methyl sites for hydroxylation is 2. The molecule has 128 valence electrons. The molecule has 1 saturated heterocycles. The fourth-order valence-corrected chi connectivity index (χ4v) is 3.24. The molecule has 0 saturated carbocycles. The van der Waals surface area contributed by atoms with Gasteiger partial charge in [-0.15, -0.1) is 0 Å². The first-order valence-electron chi connectivity index (χ1n) is 8.34. The third-order valence-electron chi connectivity index (χ3n) is 4.49. The molecule has 1 unspecified atom stereocenters. The highest BCUT2D eigenvalue weighted by Crippen LogP contribution is 2.21. The Morgan fingerprint density at radius 2 is 2.12 bits per heavy atom. The van der Waals surface area contributed by atoms with Crippen molar-refractivity contribution in [1.29, 1.82) is 0 Å². The van der Waals surface area contributed by atoms with Crippen molar-refractivity contribution in [3.63, 3.8) is 0 Å². The van der Waals surface area contributed by atoms with E-state index in [-0.39, 0.29) is 11.9 Å². The molecule has 0 spiro atoms. The van der Waals surface area contributed by atoms with E-state index < -0.39 is 0 Å². The van der Waals surface area contributed by atoms with Gasteiger partial charge in [0.05, 0.1) is 5.69 Å². The van der Waals surface area contributed by atoms with E-state index in [1.54, 1.807) is 0 Å². The van der Waals surface area contributed by atoms with Crippen LogP contribution in [0.2, 0.25) is 5.02 Å². The summed E-state index contributed by atoms with van der Waals surface area (Å²) >= 11 is 6.20. The number of hydrogen-bond acceptors (Lipinski definition) is 3. The van der Waals surface area contributed by atoms with E-state index in [9.17, 15) is 4.79 Å². The molecule has 1 aromatic carbocycles. The van der Waals surface area contributed by atoms with Crippen molar-refractivity contribution in [3.05, 3.63) is 52.3 Å². The topological polar surface area (TPSA) is 50.2 Å². The van der Waals surface area contributed by atoms with Gasteiger partial charge in [0, 0.05) is 55.4 Å². The van der Waals surface area contributed by atoms with Crippen LogP contribution in [0.25, 0.3) is 0 Å². The summed E-state index contributed by atoms with van der Waals surface area (Å²) < 4.78 is 1.94. The second-order valence-electron chi connectivity index (χ2n) is 6.24. The molecule has 0 radical (unpaired) electrons. The molecule has 0 aliphatic carbocycles. The number of carbonyl (C=O) groups is 1. The Bertz CT molecular complexity index is 728. The fraction of sp³-hybridized carbons (Fsp3) is 0.444. The van der Waals surface area contributed by atoms with E-state index in [0.29, 0.717) is 24.5 Å². The highest BCUT2D eigenvalue weighted by atomic mass is 35.5. The zero-order valence-electron chi connectivity index (χ0n) is 14.1. The molecular weight excluding hydrogens is 324 g/mol. The second-order valence-corrected chi connectivity index (χ2v) is 6.65. The van der Waals surface area contributed by atoms with Gasteiger partial charge < -0.3 is 10.2 Å². The van der Waals surface area contributed by atoms with Crippen molar-refractivity contribution in [3.8, 4) is 0 Å². The Kier molecular flexibility index (Phi) is 5.21. The first-order chi connectivity index (χ1) is 11.6. The van der Waals surface area contributed by atoms with Crippen molar-refractivity contribution < 1.29 is 4.79 Å². The molecule has 5 nitrogen and oxygen atoms in total. The molecule has 2 aromatic rings. The number of likely N-dealkylation sites (tertiary alicyclic amines) is 1. The Morgan fingerprint density at radius 1 is 1.33 bits per heavy atom. The van der Waals surface area contributed by atoms with Gasteiger partial charge in [-0.2, -0.15) is 5.10 Å². The summed E-state index contributed by atoms with van der Waals surface area (Å²) in [6.45, 7) is 6.99. The van der Waals surface area contributed by atoms with Crippen LogP contribution < -0.4 is 5.32 Å². The van der Waals surface area contributed by atoms with Gasteiger partial charge in [0.1, 0.15) is 0 Å². The molecule has 1 amide bonds. The van der Waals surface area contributed by atoms with Gasteiger partial charge in [-0.3, -0.25) is 9.48 Å². The summed E-state index contributed by atoms with van der Waals surface area (Å²) in [5, 5.41) is 8.65. The number of carbonyl (C=O) groups excluding carboxylic acids is 1. The normalized spacial score (nSPS) is 17.7. The van der Waals surface area contributed by atoms with E-state index in [2.05, 4.69) is 23.5 Å². The number of nitrogens with one attached hydrogen (secondary N) is 1. The summed E-state index contributed by atoms with van der Waals surface area (Å²) in [6, 6.07) is 7.86. The van der Waals surface area contributed by atoms with Crippen molar-refractivity contribution in [2.75, 3.05) is 6.54 Å². The molecule has 1 fully saturated rings. The number of rotatable bonds is 6. The molecule has 1 aromatic heterocycles. The first kappa shape index (κ1) is 17.0. The van der Waals surface area contributed by atoms with Crippen molar-refractivity contribution >= 4 is 17.5 Å². The first-order valence-corrected chi connectivity index (χ1v) is 8.72. The fourth-order valence-electron chi connectivity index (χ4n) is 3.04. The molecular formula is C18H23ClN4O. The highest BCUT2D eigenvalue weighted by Gasteiger charge is 2.29. The lowest BCUT2D eigenvalue weighted by atomic mass is 10.2. The largest absolute Gasteiger partial charge is 0.337 e. The van der Waals surface area contributed by atoms with Crippen molar-refractivity contribution in [2.24, 2.45) is 0 Å². The van der Waals surface area contributed by atoms with Crippen LogP contribution >= 0.6 is 11.6 Å². The third-order valence-corrected chi connectivity index (χ3v) is 4.86. The minimum atomic E-state index is 0.171. The number of hydrogen-bond donors (Lipinski definition) is 1. The quantitative estimate of drug-likeness (QED) is 0.875. The van der Waals surface area contributed by atoms with E-state index in [4.69, 9.17) is 11.6 Å². The minimum absolute atomic E-state index is 0.171. The van der Waals surface area contributed by atoms with Crippen molar-refractivity contribution in [1.82, 2.24) is 20.0 Å². The van der Waals surface area contributed by atoms with E-state index in [1.165, 1.54) is 5.56 Å². The van der Waals surface area contributed by atoms with Crippen molar-refractivity contribution in [2.45, 2.75) is 45.9 Å². The highest BCUT2D eigenvalue weighted by molar-refractivity contribution is 6.31.